The number of aryl methyl sites for hydroxylation is 1. The minimum absolute atomic E-state index is 0.00161. The molecule has 9 heteroatoms. The summed E-state index contributed by atoms with van der Waals surface area (Å²) in [5, 5.41) is 12.1. The van der Waals surface area contributed by atoms with Crippen LogP contribution in [0.4, 0.5) is 5.69 Å². The van der Waals surface area contributed by atoms with Crippen LogP contribution >= 0.6 is 0 Å². The molecule has 0 amide bonds. The van der Waals surface area contributed by atoms with Crippen molar-refractivity contribution in [3.63, 3.8) is 0 Å². The molecule has 1 heterocycles. The molecular weight excluding hydrogens is 392 g/mol. The summed E-state index contributed by atoms with van der Waals surface area (Å²) in [7, 11) is -2.05. The van der Waals surface area contributed by atoms with Gasteiger partial charge in [-0.05, 0) is 29.8 Å². The molecule has 3 rings (SSSR count). The van der Waals surface area contributed by atoms with Crippen LogP contribution in [-0.2, 0) is 23.6 Å². The van der Waals surface area contributed by atoms with Crippen LogP contribution in [-0.4, -0.2) is 46.4 Å². The maximum atomic E-state index is 13.1. The smallest absolute Gasteiger partial charge is 0.335 e. The molecule has 29 heavy (non-hydrogen) atoms. The van der Waals surface area contributed by atoms with Crippen LogP contribution in [0.15, 0.2) is 72.1 Å². The van der Waals surface area contributed by atoms with Crippen molar-refractivity contribution in [3.8, 4) is 0 Å². The lowest BCUT2D eigenvalue weighted by molar-refractivity contribution is 0.0697. The van der Waals surface area contributed by atoms with Crippen LogP contribution in [0.25, 0.3) is 0 Å². The zero-order valence-electron chi connectivity index (χ0n) is 15.9. The summed E-state index contributed by atoms with van der Waals surface area (Å²) in [6, 6.07) is 15.7. The molecule has 1 aromatic heterocycles. The Bertz CT molecular complexity index is 1060. The first-order chi connectivity index (χ1) is 13.9. The molecule has 0 fully saturated rings. The standard InChI is InChI=1S/C20H22N4O4S/c1-23-14-19(22-15-23)29(27,28)24(13-16-5-3-2-4-6-16)12-11-21-18-9-7-17(8-10-18)20(25)26/h2-10,14-15,21H,11-13H2,1H3,(H,25,26). The molecule has 0 unspecified atom stereocenters. The zero-order valence-corrected chi connectivity index (χ0v) is 16.7. The van der Waals surface area contributed by atoms with E-state index in [1.54, 1.807) is 23.7 Å². The van der Waals surface area contributed by atoms with E-state index in [9.17, 15) is 13.2 Å². The minimum Gasteiger partial charge on any atom is -0.478 e. The summed E-state index contributed by atoms with van der Waals surface area (Å²) in [6.07, 6.45) is 2.93. The van der Waals surface area contributed by atoms with E-state index in [0.29, 0.717) is 12.2 Å². The summed E-state index contributed by atoms with van der Waals surface area (Å²) in [6.45, 7) is 0.791. The third-order valence-corrected chi connectivity index (χ3v) is 6.04. The van der Waals surface area contributed by atoms with E-state index >= 15 is 0 Å². The fourth-order valence-electron chi connectivity index (χ4n) is 2.78. The van der Waals surface area contributed by atoms with Crippen LogP contribution in [0, 0.1) is 0 Å². The number of aromatic carboxylic acids is 1. The number of aromatic nitrogens is 2. The highest BCUT2D eigenvalue weighted by Crippen LogP contribution is 2.17. The van der Waals surface area contributed by atoms with Crippen molar-refractivity contribution < 1.29 is 18.3 Å². The van der Waals surface area contributed by atoms with Crippen molar-refractivity contribution in [2.45, 2.75) is 11.6 Å². The Hall–Kier alpha value is -3.17. The van der Waals surface area contributed by atoms with Crippen molar-refractivity contribution in [3.05, 3.63) is 78.2 Å². The molecule has 8 nitrogen and oxygen atoms in total. The summed E-state index contributed by atoms with van der Waals surface area (Å²) in [5.41, 5.74) is 1.78. The summed E-state index contributed by atoms with van der Waals surface area (Å²) >= 11 is 0. The zero-order chi connectivity index (χ0) is 20.9. The van der Waals surface area contributed by atoms with Gasteiger partial charge in [0.05, 0.1) is 11.9 Å². The molecule has 0 radical (unpaired) electrons. The topological polar surface area (TPSA) is 105 Å². The molecule has 0 saturated carbocycles. The molecule has 0 aliphatic heterocycles. The average molecular weight is 414 g/mol. The number of carboxylic acid groups (broad SMARTS) is 1. The van der Waals surface area contributed by atoms with Gasteiger partial charge in [-0.3, -0.25) is 0 Å². The number of imidazole rings is 1. The first-order valence-corrected chi connectivity index (χ1v) is 10.4. The second kappa shape index (κ2) is 8.89. The number of carbonyl (C=O) groups is 1. The number of nitrogens with one attached hydrogen (secondary N) is 1. The van der Waals surface area contributed by atoms with Crippen LogP contribution < -0.4 is 5.32 Å². The van der Waals surface area contributed by atoms with Crippen molar-refractivity contribution in [2.75, 3.05) is 18.4 Å². The Morgan fingerprint density at radius 3 is 2.41 bits per heavy atom. The van der Waals surface area contributed by atoms with E-state index in [-0.39, 0.29) is 23.7 Å². The van der Waals surface area contributed by atoms with Crippen molar-refractivity contribution in [1.29, 1.82) is 0 Å². The lowest BCUT2D eigenvalue weighted by Gasteiger charge is -2.21. The maximum absolute atomic E-state index is 13.1. The number of rotatable bonds is 9. The van der Waals surface area contributed by atoms with Crippen LogP contribution in [0.3, 0.4) is 0 Å². The number of benzene rings is 2. The Morgan fingerprint density at radius 1 is 1.14 bits per heavy atom. The van der Waals surface area contributed by atoms with E-state index in [2.05, 4.69) is 10.3 Å². The number of sulfonamides is 1. The summed E-state index contributed by atoms with van der Waals surface area (Å²) in [4.78, 5) is 14.9. The first-order valence-electron chi connectivity index (χ1n) is 8.95. The van der Waals surface area contributed by atoms with Gasteiger partial charge in [-0.2, -0.15) is 4.31 Å². The maximum Gasteiger partial charge on any atom is 0.335 e. The molecule has 0 atom stereocenters. The second-order valence-corrected chi connectivity index (χ2v) is 8.40. The molecule has 0 aliphatic carbocycles. The van der Waals surface area contributed by atoms with Gasteiger partial charge in [-0.25, -0.2) is 18.2 Å². The van der Waals surface area contributed by atoms with Crippen LogP contribution in [0.2, 0.25) is 0 Å². The van der Waals surface area contributed by atoms with Crippen molar-refractivity contribution >= 4 is 21.7 Å². The number of hydrogen-bond donors (Lipinski definition) is 2. The predicted molar refractivity (Wildman–Crippen MR) is 109 cm³/mol. The molecule has 3 aromatic rings. The van der Waals surface area contributed by atoms with Gasteiger partial charge in [0.15, 0.2) is 5.03 Å². The van der Waals surface area contributed by atoms with E-state index < -0.39 is 16.0 Å². The fraction of sp³-hybridized carbons (Fsp3) is 0.200. The van der Waals surface area contributed by atoms with Crippen LogP contribution in [0.5, 0.6) is 0 Å². The van der Waals surface area contributed by atoms with Crippen molar-refractivity contribution in [1.82, 2.24) is 13.9 Å². The van der Waals surface area contributed by atoms with Gasteiger partial charge in [0.25, 0.3) is 10.0 Å². The SMILES string of the molecule is Cn1cnc(S(=O)(=O)N(CCNc2ccc(C(=O)O)cc2)Cc2ccccc2)c1. The number of anilines is 1. The average Bonchev–Trinajstić information content (AvgIpc) is 3.15. The van der Waals surface area contributed by atoms with Crippen LogP contribution in [0.1, 0.15) is 15.9 Å². The Kier molecular flexibility index (Phi) is 6.30. The minimum atomic E-state index is -3.77. The molecule has 2 N–H and O–H groups in total. The quantitative estimate of drug-likeness (QED) is 0.557. The highest BCUT2D eigenvalue weighted by Gasteiger charge is 2.26. The van der Waals surface area contributed by atoms with Gasteiger partial charge in [-0.15, -0.1) is 0 Å². The predicted octanol–water partition coefficient (Wildman–Crippen LogP) is 2.42. The van der Waals surface area contributed by atoms with Crippen molar-refractivity contribution in [2.24, 2.45) is 7.05 Å². The molecule has 0 aliphatic rings. The normalized spacial score (nSPS) is 11.5. The Balaban J connectivity index is 1.73. The summed E-state index contributed by atoms with van der Waals surface area (Å²) < 4.78 is 29.1. The number of nitrogens with zero attached hydrogens (tertiary/aromatic N) is 3. The monoisotopic (exact) mass is 414 g/mol. The van der Waals surface area contributed by atoms with Gasteiger partial charge in [0.2, 0.25) is 0 Å². The lowest BCUT2D eigenvalue weighted by atomic mass is 10.2. The van der Waals surface area contributed by atoms with E-state index in [1.807, 2.05) is 30.3 Å². The summed E-state index contributed by atoms with van der Waals surface area (Å²) in [5.74, 6) is -0.993. The molecule has 2 aromatic carbocycles. The molecule has 0 spiro atoms. The third-order valence-electron chi connectivity index (χ3n) is 4.31. The Labute approximate surface area is 169 Å². The van der Waals surface area contributed by atoms with E-state index in [4.69, 9.17) is 5.11 Å². The number of hydrogen-bond acceptors (Lipinski definition) is 5. The van der Waals surface area contributed by atoms with Gasteiger partial charge < -0.3 is 15.0 Å². The molecule has 0 bridgehead atoms. The molecular formula is C20H22N4O4S. The van der Waals surface area contributed by atoms with Gasteiger partial charge in [0.1, 0.15) is 0 Å². The highest BCUT2D eigenvalue weighted by atomic mass is 32.2. The first kappa shape index (κ1) is 20.6. The molecule has 0 saturated heterocycles. The number of carboxylic acids is 1. The fourth-order valence-corrected chi connectivity index (χ4v) is 4.18. The second-order valence-electron chi connectivity index (χ2n) is 6.51. The van der Waals surface area contributed by atoms with E-state index in [1.165, 1.54) is 29.0 Å². The molecule has 152 valence electrons. The highest BCUT2D eigenvalue weighted by molar-refractivity contribution is 7.89. The van der Waals surface area contributed by atoms with Gasteiger partial charge in [0, 0.05) is 38.6 Å². The third kappa shape index (κ3) is 5.21. The van der Waals surface area contributed by atoms with Gasteiger partial charge in [-0.1, -0.05) is 30.3 Å². The van der Waals surface area contributed by atoms with E-state index in [0.717, 1.165) is 5.56 Å². The largest absolute Gasteiger partial charge is 0.478 e. The Morgan fingerprint density at radius 2 is 1.83 bits per heavy atom. The lowest BCUT2D eigenvalue weighted by Crippen LogP contribution is -2.35. The van der Waals surface area contributed by atoms with Gasteiger partial charge >= 0.3 is 5.97 Å².